The Morgan fingerprint density at radius 2 is 1.94 bits per heavy atom. The molecule has 49 heavy (non-hydrogen) atoms. The number of anilines is 2. The van der Waals surface area contributed by atoms with Crippen molar-refractivity contribution in [3.8, 4) is 17.3 Å². The molecule has 3 aliphatic rings. The van der Waals surface area contributed by atoms with Crippen molar-refractivity contribution >= 4 is 49.5 Å². The van der Waals surface area contributed by atoms with Crippen LogP contribution in [-0.2, 0) is 4.74 Å². The second-order valence-electron chi connectivity index (χ2n) is 15.1. The fourth-order valence-electron chi connectivity index (χ4n) is 7.57. The van der Waals surface area contributed by atoms with E-state index in [1.54, 1.807) is 33.9 Å². The van der Waals surface area contributed by atoms with Gasteiger partial charge in [-0.05, 0) is 91.0 Å². The van der Waals surface area contributed by atoms with Crippen molar-refractivity contribution in [3.05, 3.63) is 29.2 Å². The van der Waals surface area contributed by atoms with Gasteiger partial charge in [-0.25, -0.2) is 18.6 Å². The second-order valence-corrected chi connectivity index (χ2v) is 16.1. The molecule has 6 heterocycles. The lowest BCUT2D eigenvalue weighted by atomic mass is 9.95. The van der Waals surface area contributed by atoms with Gasteiger partial charge in [0.15, 0.2) is 10.9 Å². The molecule has 0 radical (unpaired) electrons. The molecule has 0 saturated carbocycles. The van der Waals surface area contributed by atoms with Crippen LogP contribution in [-0.4, -0.2) is 91.7 Å². The molecule has 3 aliphatic heterocycles. The van der Waals surface area contributed by atoms with Gasteiger partial charge in [0.05, 0.1) is 26.7 Å². The summed E-state index contributed by atoms with van der Waals surface area (Å²) < 4.78 is 44.0. The maximum absolute atomic E-state index is 17.0. The van der Waals surface area contributed by atoms with Crippen molar-refractivity contribution in [2.75, 3.05) is 43.0 Å². The molecule has 1 unspecified atom stereocenters. The summed E-state index contributed by atoms with van der Waals surface area (Å²) in [6, 6.07) is 1.95. The lowest BCUT2D eigenvalue weighted by Gasteiger charge is -2.38. The monoisotopic (exact) mass is 695 g/mol. The van der Waals surface area contributed by atoms with Gasteiger partial charge in [0.25, 0.3) is 0 Å². The van der Waals surface area contributed by atoms with Crippen LogP contribution in [0, 0.1) is 19.7 Å². The topological polar surface area (TPSA) is 126 Å². The third-order valence-electron chi connectivity index (χ3n) is 9.90. The van der Waals surface area contributed by atoms with Gasteiger partial charge < -0.3 is 19.5 Å². The fraction of sp³-hybridized carbons (Fsp3) is 0.571. The Labute approximate surface area is 288 Å². The van der Waals surface area contributed by atoms with Crippen molar-refractivity contribution < 1.29 is 28.2 Å². The van der Waals surface area contributed by atoms with Gasteiger partial charge in [-0.2, -0.15) is 9.97 Å². The molecule has 262 valence electrons. The first kappa shape index (κ1) is 33.7. The molecule has 3 saturated heterocycles. The number of aromatic nitrogens is 4. The quantitative estimate of drug-likeness (QED) is 0.225. The van der Waals surface area contributed by atoms with Crippen LogP contribution in [0.1, 0.15) is 70.9 Å². The highest BCUT2D eigenvalue weighted by Gasteiger charge is 2.49. The van der Waals surface area contributed by atoms with E-state index in [1.807, 2.05) is 24.8 Å². The number of hydrogen-bond acceptors (Lipinski definition) is 11. The summed E-state index contributed by atoms with van der Waals surface area (Å²) >= 11 is 1.26. The first-order valence-corrected chi connectivity index (χ1v) is 17.7. The molecule has 1 aromatic carbocycles. The smallest absolute Gasteiger partial charge is 0.413 e. The van der Waals surface area contributed by atoms with Gasteiger partial charge in [0.2, 0.25) is 0 Å². The third kappa shape index (κ3) is 6.50. The summed E-state index contributed by atoms with van der Waals surface area (Å²) in [5.74, 6) is -0.234. The van der Waals surface area contributed by atoms with E-state index < -0.39 is 34.8 Å². The van der Waals surface area contributed by atoms with Gasteiger partial charge in [-0.1, -0.05) is 11.3 Å². The number of carbonyl (C=O) groups is 1. The minimum Gasteiger partial charge on any atom is -0.461 e. The van der Waals surface area contributed by atoms with Crippen LogP contribution >= 0.6 is 11.3 Å². The summed E-state index contributed by atoms with van der Waals surface area (Å²) in [7, 11) is 0. The van der Waals surface area contributed by atoms with Crippen LogP contribution in [0.2, 0.25) is 0 Å². The summed E-state index contributed by atoms with van der Waals surface area (Å²) in [6.07, 6.45) is 3.53. The minimum atomic E-state index is -0.953. The van der Waals surface area contributed by atoms with Crippen LogP contribution in [0.3, 0.4) is 0 Å². The summed E-state index contributed by atoms with van der Waals surface area (Å²) in [4.78, 5) is 35.3. The number of piperidine rings is 1. The van der Waals surface area contributed by atoms with Gasteiger partial charge >= 0.3 is 12.1 Å². The molecule has 7 rings (SSSR count). The molecule has 3 aromatic heterocycles. The summed E-state index contributed by atoms with van der Waals surface area (Å²) in [5, 5.41) is 14.4. The van der Waals surface area contributed by atoms with Crippen molar-refractivity contribution in [2.24, 2.45) is 0 Å². The van der Waals surface area contributed by atoms with Crippen LogP contribution in [0.4, 0.5) is 24.5 Å². The zero-order chi connectivity index (χ0) is 34.9. The number of halogens is 2. The number of fused-ring (bicyclic) bond motifs is 3. The van der Waals surface area contributed by atoms with Crippen molar-refractivity contribution in [1.82, 2.24) is 24.8 Å². The largest absolute Gasteiger partial charge is 0.461 e. The number of nitrogens with one attached hydrogen (secondary N) is 1. The van der Waals surface area contributed by atoms with E-state index in [2.05, 4.69) is 25.2 Å². The molecule has 0 aliphatic carbocycles. The number of amides is 1. The predicted molar refractivity (Wildman–Crippen MR) is 186 cm³/mol. The minimum absolute atomic E-state index is 0.00378. The van der Waals surface area contributed by atoms with Crippen molar-refractivity contribution in [3.63, 3.8) is 0 Å². The second kappa shape index (κ2) is 12.2. The Bertz CT molecular complexity index is 1950. The Morgan fingerprint density at radius 1 is 1.16 bits per heavy atom. The van der Waals surface area contributed by atoms with Crippen LogP contribution in [0.5, 0.6) is 6.01 Å². The molecule has 11 nitrogen and oxygen atoms in total. The SMILES string of the molecule is Cc1cc2sc(NC(=O)OC(C)(C)C)nc2c(-c2ncc3c(N4CCCC(C)(O)C4)nc(OC[C@@]45CCCN4C[C@H](F)C5)nc3c2F)c1C. The van der Waals surface area contributed by atoms with E-state index in [9.17, 15) is 14.3 Å². The normalized spacial score (nSPS) is 24.5. The molecular formula is C35H43F2N7O4S. The highest BCUT2D eigenvalue weighted by molar-refractivity contribution is 7.22. The van der Waals surface area contributed by atoms with E-state index in [-0.39, 0.29) is 23.8 Å². The number of rotatable bonds is 6. The van der Waals surface area contributed by atoms with E-state index in [0.29, 0.717) is 59.9 Å². The van der Waals surface area contributed by atoms with Crippen LogP contribution in [0.15, 0.2) is 12.3 Å². The first-order valence-electron chi connectivity index (χ1n) is 16.9. The van der Waals surface area contributed by atoms with E-state index in [1.165, 1.54) is 11.3 Å². The maximum atomic E-state index is 17.0. The van der Waals surface area contributed by atoms with Gasteiger partial charge in [-0.15, -0.1) is 0 Å². The number of carbonyl (C=O) groups excluding carboxylic acids is 1. The highest BCUT2D eigenvalue weighted by atomic mass is 32.1. The third-order valence-corrected chi connectivity index (χ3v) is 10.8. The Kier molecular flexibility index (Phi) is 8.42. The average Bonchev–Trinajstić information content (AvgIpc) is 3.67. The van der Waals surface area contributed by atoms with E-state index in [4.69, 9.17) is 14.5 Å². The maximum Gasteiger partial charge on any atom is 0.413 e. The number of benzene rings is 1. The highest BCUT2D eigenvalue weighted by Crippen LogP contribution is 2.42. The number of nitrogens with zero attached hydrogens (tertiary/aromatic N) is 6. The van der Waals surface area contributed by atoms with Crippen LogP contribution < -0.4 is 15.0 Å². The summed E-state index contributed by atoms with van der Waals surface area (Å²) in [6.45, 7) is 13.2. The number of aryl methyl sites for hydroxylation is 1. The average molecular weight is 696 g/mol. The molecule has 14 heteroatoms. The molecule has 0 spiro atoms. The predicted octanol–water partition coefficient (Wildman–Crippen LogP) is 6.71. The van der Waals surface area contributed by atoms with Gasteiger partial charge in [-0.3, -0.25) is 15.2 Å². The van der Waals surface area contributed by atoms with Crippen LogP contribution in [0.25, 0.3) is 32.4 Å². The van der Waals surface area contributed by atoms with Gasteiger partial charge in [0.1, 0.15) is 35.4 Å². The Balaban J connectivity index is 1.32. The molecular weight excluding hydrogens is 652 g/mol. The number of ether oxygens (including phenoxy) is 2. The Morgan fingerprint density at radius 3 is 2.69 bits per heavy atom. The first-order chi connectivity index (χ1) is 23.1. The zero-order valence-electron chi connectivity index (χ0n) is 28.8. The lowest BCUT2D eigenvalue weighted by molar-refractivity contribution is 0.0446. The molecule has 1 amide bonds. The Hall–Kier alpha value is -3.75. The lowest BCUT2D eigenvalue weighted by Crippen LogP contribution is -2.46. The molecule has 4 aromatic rings. The number of β-amino-alcohol motifs (C(OH)–C–C–N with tert-alkyl or cyclic N) is 1. The number of aliphatic hydroxyl groups is 1. The molecule has 0 bridgehead atoms. The fourth-order valence-corrected chi connectivity index (χ4v) is 8.53. The summed E-state index contributed by atoms with van der Waals surface area (Å²) in [5.41, 5.74) is 0.688. The molecule has 3 atom stereocenters. The molecule has 2 N–H and O–H groups in total. The van der Waals surface area contributed by atoms with Crippen molar-refractivity contribution in [1.29, 1.82) is 0 Å². The number of alkyl halides is 1. The van der Waals surface area contributed by atoms with E-state index in [0.717, 1.165) is 41.6 Å². The zero-order valence-corrected chi connectivity index (χ0v) is 29.6. The van der Waals surface area contributed by atoms with Crippen molar-refractivity contribution in [2.45, 2.75) is 96.6 Å². The standard InChI is InChI=1S/C35H43F2N7O4S/c1-19-13-23-27(40-31(49-23)42-32(45)48-33(3,4)5)24(20(19)2)28-25(37)26-22(15-38-28)29(43-11-7-9-34(6,46)17-43)41-30(39-26)47-18-35-10-8-12-44(35)16-21(36)14-35/h13,15,21,46H,7-12,14,16-18H2,1-6H3,(H,40,42,45)/t21-,34?,35+/m1/s1. The van der Waals surface area contributed by atoms with Gasteiger partial charge in [0, 0.05) is 37.8 Å². The number of pyridine rings is 1. The molecule has 3 fully saturated rings. The number of thiazole rings is 1. The van der Waals surface area contributed by atoms with E-state index >= 15 is 4.39 Å². The number of hydrogen-bond donors (Lipinski definition) is 2.